The number of hydrogen-bond acceptors (Lipinski definition) is 6. The average molecular weight is 433 g/mol. The molecule has 4 nitrogen and oxygen atoms in total. The summed E-state index contributed by atoms with van der Waals surface area (Å²) in [5.41, 5.74) is 2.13. The molecule has 3 aromatic rings. The Morgan fingerprint density at radius 2 is 1.96 bits per heavy atom. The van der Waals surface area contributed by atoms with E-state index in [1.165, 1.54) is 11.8 Å². The van der Waals surface area contributed by atoms with E-state index in [1.54, 1.807) is 17.7 Å². The average Bonchev–Trinajstić information content (AvgIpc) is 3.13. The molecule has 0 radical (unpaired) electrons. The third kappa shape index (κ3) is 4.50. The Hall–Kier alpha value is -1.63. The zero-order valence-corrected chi connectivity index (χ0v) is 17.9. The lowest BCUT2D eigenvalue weighted by Gasteiger charge is -2.25. The molecule has 7 heteroatoms. The van der Waals surface area contributed by atoms with E-state index in [4.69, 9.17) is 16.3 Å². The third-order valence-electron chi connectivity index (χ3n) is 5.08. The van der Waals surface area contributed by atoms with Gasteiger partial charge in [0, 0.05) is 16.0 Å². The minimum atomic E-state index is -0.167. The number of halogens is 1. The van der Waals surface area contributed by atoms with Crippen LogP contribution in [0.25, 0.3) is 21.3 Å². The van der Waals surface area contributed by atoms with Gasteiger partial charge in [0.2, 0.25) is 0 Å². The molecule has 2 aromatic heterocycles. The van der Waals surface area contributed by atoms with Gasteiger partial charge in [-0.3, -0.25) is 4.79 Å². The van der Waals surface area contributed by atoms with E-state index in [2.05, 4.69) is 22.3 Å². The number of carbonyl (C=O) groups excluding carboxylic acids is 1. The molecule has 0 N–H and O–H groups in total. The summed E-state index contributed by atoms with van der Waals surface area (Å²) in [6.07, 6.45) is 5.84. The number of esters is 1. The second-order valence-corrected chi connectivity index (χ2v) is 9.43. The summed E-state index contributed by atoms with van der Waals surface area (Å²) in [4.78, 5) is 22.1. The van der Waals surface area contributed by atoms with Crippen molar-refractivity contribution in [2.75, 3.05) is 5.75 Å². The zero-order valence-electron chi connectivity index (χ0n) is 15.6. The van der Waals surface area contributed by atoms with Crippen molar-refractivity contribution in [3.05, 3.63) is 41.0 Å². The van der Waals surface area contributed by atoms with E-state index < -0.39 is 0 Å². The van der Waals surface area contributed by atoms with Crippen LogP contribution >= 0.6 is 34.7 Å². The molecule has 0 saturated heterocycles. The van der Waals surface area contributed by atoms with E-state index in [1.807, 2.05) is 24.3 Å². The Morgan fingerprint density at radius 3 is 2.71 bits per heavy atom. The maximum absolute atomic E-state index is 12.3. The van der Waals surface area contributed by atoms with Crippen molar-refractivity contribution < 1.29 is 9.53 Å². The summed E-state index contributed by atoms with van der Waals surface area (Å²) in [6, 6.07) is 7.73. The lowest BCUT2D eigenvalue weighted by Crippen LogP contribution is -2.24. The van der Waals surface area contributed by atoms with Gasteiger partial charge in [0.25, 0.3) is 0 Å². The van der Waals surface area contributed by atoms with Crippen LogP contribution in [0, 0.1) is 5.92 Å². The van der Waals surface area contributed by atoms with Gasteiger partial charge in [-0.05, 0) is 49.3 Å². The second-order valence-electron chi connectivity index (χ2n) is 7.18. The molecule has 0 bridgehead atoms. The fourth-order valence-electron chi connectivity index (χ4n) is 3.49. The topological polar surface area (TPSA) is 52.1 Å². The lowest BCUT2D eigenvalue weighted by atomic mass is 9.89. The molecule has 28 heavy (non-hydrogen) atoms. The summed E-state index contributed by atoms with van der Waals surface area (Å²) in [5, 5.41) is 4.58. The van der Waals surface area contributed by atoms with Crippen molar-refractivity contribution in [3.8, 4) is 11.1 Å². The number of ether oxygens (including phenoxy) is 1. The van der Waals surface area contributed by atoms with E-state index >= 15 is 0 Å². The molecule has 1 aromatic carbocycles. The molecule has 0 amide bonds. The molecule has 4 rings (SSSR count). The molecular weight excluding hydrogens is 412 g/mol. The number of fused-ring (bicyclic) bond motifs is 1. The minimum absolute atomic E-state index is 0.0699. The number of carbonyl (C=O) groups is 1. The molecule has 0 atom stereocenters. The summed E-state index contributed by atoms with van der Waals surface area (Å²) < 4.78 is 5.67. The van der Waals surface area contributed by atoms with Gasteiger partial charge in [0.1, 0.15) is 22.3 Å². The largest absolute Gasteiger partial charge is 0.462 e. The Labute approximate surface area is 177 Å². The van der Waals surface area contributed by atoms with E-state index in [-0.39, 0.29) is 17.8 Å². The number of thioether (sulfide) groups is 1. The second kappa shape index (κ2) is 8.80. The predicted molar refractivity (Wildman–Crippen MR) is 116 cm³/mol. The molecule has 1 aliphatic rings. The molecule has 1 fully saturated rings. The van der Waals surface area contributed by atoms with Gasteiger partial charge in [-0.15, -0.1) is 11.3 Å². The van der Waals surface area contributed by atoms with Gasteiger partial charge >= 0.3 is 5.97 Å². The number of nitrogens with zero attached hydrogens (tertiary/aromatic N) is 2. The van der Waals surface area contributed by atoms with Gasteiger partial charge in [-0.25, -0.2) is 9.97 Å². The van der Waals surface area contributed by atoms with Crippen LogP contribution in [0.2, 0.25) is 5.02 Å². The van der Waals surface area contributed by atoms with E-state index in [0.717, 1.165) is 58.0 Å². The highest BCUT2D eigenvalue weighted by molar-refractivity contribution is 8.00. The van der Waals surface area contributed by atoms with Crippen LogP contribution in [-0.2, 0) is 9.53 Å². The fraction of sp³-hybridized carbons (Fsp3) is 0.381. The first-order valence-electron chi connectivity index (χ1n) is 9.40. The van der Waals surface area contributed by atoms with Gasteiger partial charge in [-0.2, -0.15) is 0 Å². The smallest absolute Gasteiger partial charge is 0.316 e. The van der Waals surface area contributed by atoms with Gasteiger partial charge < -0.3 is 4.74 Å². The van der Waals surface area contributed by atoms with E-state index in [0.29, 0.717) is 5.02 Å². The Balaban J connectivity index is 1.48. The molecule has 0 aliphatic heterocycles. The molecule has 1 saturated carbocycles. The summed E-state index contributed by atoms with van der Waals surface area (Å²) in [5.74, 6) is 0.830. The van der Waals surface area contributed by atoms with Gasteiger partial charge in [0.15, 0.2) is 0 Å². The van der Waals surface area contributed by atoms with Gasteiger partial charge in [0.05, 0.1) is 11.1 Å². The highest BCUT2D eigenvalue weighted by atomic mass is 35.5. The minimum Gasteiger partial charge on any atom is -0.462 e. The lowest BCUT2D eigenvalue weighted by molar-refractivity contribution is -0.147. The monoisotopic (exact) mass is 432 g/mol. The normalized spacial score (nSPS) is 19.6. The van der Waals surface area contributed by atoms with Crippen LogP contribution in [-0.4, -0.2) is 27.8 Å². The Bertz CT molecular complexity index is 966. The zero-order chi connectivity index (χ0) is 19.5. The van der Waals surface area contributed by atoms with Crippen molar-refractivity contribution >= 4 is 50.9 Å². The van der Waals surface area contributed by atoms with Gasteiger partial charge in [-0.1, -0.05) is 42.4 Å². The molecule has 2 heterocycles. The van der Waals surface area contributed by atoms with E-state index in [9.17, 15) is 4.79 Å². The molecule has 0 unspecified atom stereocenters. The number of aromatic nitrogens is 2. The number of hydrogen-bond donors (Lipinski definition) is 0. The highest BCUT2D eigenvalue weighted by Crippen LogP contribution is 2.38. The fourth-order valence-corrected chi connectivity index (χ4v) is 5.40. The maximum Gasteiger partial charge on any atom is 0.316 e. The summed E-state index contributed by atoms with van der Waals surface area (Å²) in [6.45, 7) is 2.26. The first-order chi connectivity index (χ1) is 13.6. The maximum atomic E-state index is 12.3. The van der Waals surface area contributed by atoms with Crippen molar-refractivity contribution in [1.29, 1.82) is 0 Å². The molecular formula is C21H21ClN2O2S2. The first-order valence-corrected chi connectivity index (χ1v) is 11.6. The third-order valence-corrected chi connectivity index (χ3v) is 7.18. The number of benzene rings is 1. The van der Waals surface area contributed by atoms with Crippen LogP contribution in [0.1, 0.15) is 32.6 Å². The number of rotatable bonds is 5. The summed E-state index contributed by atoms with van der Waals surface area (Å²) >= 11 is 9.01. The van der Waals surface area contributed by atoms with Crippen molar-refractivity contribution in [3.63, 3.8) is 0 Å². The summed E-state index contributed by atoms with van der Waals surface area (Å²) in [7, 11) is 0. The van der Waals surface area contributed by atoms with Crippen LogP contribution in [0.5, 0.6) is 0 Å². The van der Waals surface area contributed by atoms with Crippen molar-refractivity contribution in [2.24, 2.45) is 5.92 Å². The molecule has 146 valence electrons. The standard InChI is InChI=1S/C21H21ClN2O2S2/c1-13-2-8-16(9-3-13)26-18(25)11-28-21-19-17(10-27-20(19)23-12-24-21)14-4-6-15(22)7-5-14/h4-7,10,12-13,16H,2-3,8-9,11H2,1H3. The van der Waals surface area contributed by atoms with Crippen molar-refractivity contribution in [1.82, 2.24) is 9.97 Å². The van der Waals surface area contributed by atoms with Crippen LogP contribution < -0.4 is 0 Å². The quantitative estimate of drug-likeness (QED) is 0.272. The SMILES string of the molecule is CC1CCC(OC(=O)CSc2ncnc3scc(-c4ccc(Cl)cc4)c23)CC1. The first kappa shape index (κ1) is 19.7. The molecule has 0 spiro atoms. The highest BCUT2D eigenvalue weighted by Gasteiger charge is 2.22. The molecule has 1 aliphatic carbocycles. The Kier molecular flexibility index (Phi) is 6.19. The van der Waals surface area contributed by atoms with Crippen LogP contribution in [0.15, 0.2) is 41.0 Å². The van der Waals surface area contributed by atoms with Crippen LogP contribution in [0.4, 0.5) is 0 Å². The Morgan fingerprint density at radius 1 is 1.21 bits per heavy atom. The predicted octanol–water partition coefficient (Wildman–Crippen LogP) is 6.23. The van der Waals surface area contributed by atoms with Crippen molar-refractivity contribution in [2.45, 2.75) is 43.7 Å². The van der Waals surface area contributed by atoms with Crippen LogP contribution in [0.3, 0.4) is 0 Å². The number of thiophene rings is 1.